The number of carbonyl (C=O) groups is 3. The van der Waals surface area contributed by atoms with Crippen molar-refractivity contribution in [2.24, 2.45) is 0 Å². The van der Waals surface area contributed by atoms with Gasteiger partial charge in [-0.3, -0.25) is 9.59 Å². The number of β-lactam (4-membered cyclic amide) rings is 1. The third-order valence-corrected chi connectivity index (χ3v) is 7.10. The lowest BCUT2D eigenvalue weighted by atomic mass is 9.98. The summed E-state index contributed by atoms with van der Waals surface area (Å²) in [5.74, 6) is -2.40. The van der Waals surface area contributed by atoms with Crippen molar-refractivity contribution in [1.29, 1.82) is 0 Å². The molecular weight excluding hydrogens is 410 g/mol. The fraction of sp³-hybridized carbons (Fsp3) is 0.824. The first-order chi connectivity index (χ1) is 11.5. The summed E-state index contributed by atoms with van der Waals surface area (Å²) in [7, 11) is 0. The highest BCUT2D eigenvalue weighted by Crippen LogP contribution is 2.53. The van der Waals surface area contributed by atoms with E-state index < -0.39 is 22.5 Å². The predicted octanol–water partition coefficient (Wildman–Crippen LogP) is 3.22. The maximum atomic E-state index is 12.7. The van der Waals surface area contributed by atoms with Crippen LogP contribution in [0.25, 0.3) is 0 Å². The van der Waals surface area contributed by atoms with Gasteiger partial charge in [0.1, 0.15) is 16.2 Å². The molecule has 3 atom stereocenters. The van der Waals surface area contributed by atoms with Gasteiger partial charge in [0.2, 0.25) is 5.91 Å². The summed E-state index contributed by atoms with van der Waals surface area (Å²) in [6.07, 6.45) is 3.02. The predicted molar refractivity (Wildman–Crippen MR) is 99.2 cm³/mol. The number of fused-ring (bicyclic) bond motifs is 1. The second-order valence-corrected chi connectivity index (χ2v) is 10.2. The summed E-state index contributed by atoms with van der Waals surface area (Å²) in [4.78, 5) is 38.0. The van der Waals surface area contributed by atoms with E-state index in [1.165, 1.54) is 0 Å². The second-order valence-electron chi connectivity index (χ2n) is 7.41. The largest absolute Gasteiger partial charge is 0.423 e. The fourth-order valence-electron chi connectivity index (χ4n) is 3.11. The summed E-state index contributed by atoms with van der Waals surface area (Å²) in [5.41, 5.74) is 0. The second kappa shape index (κ2) is 7.47. The minimum atomic E-state index is -1.36. The van der Waals surface area contributed by atoms with E-state index in [1.807, 2.05) is 13.8 Å². The number of nitrogens with zero attached hydrogens (tertiary/aromatic N) is 1. The van der Waals surface area contributed by atoms with Gasteiger partial charge in [-0.05, 0) is 20.3 Å². The summed E-state index contributed by atoms with van der Waals surface area (Å²) in [6, 6.07) is -0.693. The molecule has 2 saturated heterocycles. The molecule has 8 heteroatoms. The number of amides is 1. The Morgan fingerprint density at radius 3 is 2.52 bits per heavy atom. The summed E-state index contributed by atoms with van der Waals surface area (Å²) >= 11 is 4.92. The molecule has 0 aromatic rings. The lowest BCUT2D eigenvalue weighted by Crippen LogP contribution is -2.64. The normalized spacial score (nSPS) is 27.5. The molecule has 0 aromatic heterocycles. The molecular formula is C17H26BrNO5S. The lowest BCUT2D eigenvalue weighted by molar-refractivity contribution is -0.221. The Kier molecular flexibility index (Phi) is 6.14. The number of alkyl halides is 1. The molecule has 25 heavy (non-hydrogen) atoms. The number of hydrogen-bond donors (Lipinski definition) is 0. The molecule has 6 nitrogen and oxygen atoms in total. The molecule has 0 N–H and O–H groups in total. The minimum Gasteiger partial charge on any atom is -0.423 e. The van der Waals surface area contributed by atoms with Crippen LogP contribution < -0.4 is 0 Å². The van der Waals surface area contributed by atoms with Crippen molar-refractivity contribution in [3.8, 4) is 0 Å². The monoisotopic (exact) mass is 435 g/mol. The van der Waals surface area contributed by atoms with Crippen LogP contribution in [0, 0.1) is 0 Å². The summed E-state index contributed by atoms with van der Waals surface area (Å²) in [6.45, 7) is 8.97. The molecule has 0 radical (unpaired) electrons. The smallest absolute Gasteiger partial charge is 0.333 e. The van der Waals surface area contributed by atoms with E-state index in [1.54, 1.807) is 30.5 Å². The fourth-order valence-corrected chi connectivity index (χ4v) is 5.46. The number of unbranched alkanes of at least 4 members (excludes halogenated alkanes) is 2. The highest BCUT2D eigenvalue weighted by Gasteiger charge is 2.63. The van der Waals surface area contributed by atoms with Gasteiger partial charge in [-0.25, -0.2) is 4.79 Å². The molecule has 2 aliphatic heterocycles. The lowest BCUT2D eigenvalue weighted by Gasteiger charge is -2.41. The van der Waals surface area contributed by atoms with Crippen molar-refractivity contribution in [3.05, 3.63) is 0 Å². The van der Waals surface area contributed by atoms with E-state index in [2.05, 4.69) is 22.9 Å². The Balaban J connectivity index is 1.98. The van der Waals surface area contributed by atoms with Gasteiger partial charge in [0.25, 0.3) is 5.79 Å². The summed E-state index contributed by atoms with van der Waals surface area (Å²) < 4.78 is 10.3. The number of rotatable bonds is 7. The van der Waals surface area contributed by atoms with Gasteiger partial charge < -0.3 is 14.4 Å². The third-order valence-electron chi connectivity index (χ3n) is 4.29. The number of esters is 2. The van der Waals surface area contributed by atoms with E-state index in [-0.39, 0.29) is 22.1 Å². The van der Waals surface area contributed by atoms with E-state index in [0.29, 0.717) is 6.42 Å². The molecule has 0 saturated carbocycles. The van der Waals surface area contributed by atoms with Crippen molar-refractivity contribution in [3.63, 3.8) is 0 Å². The van der Waals surface area contributed by atoms with Gasteiger partial charge in [0.15, 0.2) is 0 Å². The molecule has 2 aliphatic rings. The average molecular weight is 436 g/mol. The van der Waals surface area contributed by atoms with Crippen molar-refractivity contribution in [1.82, 2.24) is 4.90 Å². The maximum absolute atomic E-state index is 12.7. The van der Waals surface area contributed by atoms with Crippen molar-refractivity contribution < 1.29 is 23.9 Å². The molecule has 2 fully saturated rings. The van der Waals surface area contributed by atoms with Crippen molar-refractivity contribution >= 4 is 45.5 Å². The van der Waals surface area contributed by atoms with Crippen LogP contribution in [0.3, 0.4) is 0 Å². The Labute approximate surface area is 161 Å². The van der Waals surface area contributed by atoms with Gasteiger partial charge in [-0.1, -0.05) is 35.7 Å². The number of hydrogen-bond acceptors (Lipinski definition) is 6. The average Bonchev–Trinajstić information content (AvgIpc) is 2.74. The molecule has 142 valence electrons. The van der Waals surface area contributed by atoms with Crippen molar-refractivity contribution in [2.45, 2.75) is 87.1 Å². The van der Waals surface area contributed by atoms with Crippen molar-refractivity contribution in [2.75, 3.05) is 0 Å². The number of thioether (sulfide) groups is 1. The van der Waals surface area contributed by atoms with Gasteiger partial charge in [0.05, 0.1) is 0 Å². The molecule has 1 amide bonds. The quantitative estimate of drug-likeness (QED) is 0.201. The zero-order chi connectivity index (χ0) is 19.0. The molecule has 2 rings (SSSR count). The maximum Gasteiger partial charge on any atom is 0.333 e. The minimum absolute atomic E-state index is 0.0697. The molecule has 0 aliphatic carbocycles. The zero-order valence-corrected chi connectivity index (χ0v) is 17.7. The van der Waals surface area contributed by atoms with Crippen LogP contribution in [0.2, 0.25) is 0 Å². The van der Waals surface area contributed by atoms with Gasteiger partial charge in [0, 0.05) is 25.0 Å². The number of ether oxygens (including phenoxy) is 2. The Morgan fingerprint density at radius 2 is 1.92 bits per heavy atom. The number of carbonyl (C=O) groups excluding carboxylic acids is 3. The first-order valence-electron chi connectivity index (χ1n) is 8.59. The van der Waals surface area contributed by atoms with E-state index in [0.717, 1.165) is 19.3 Å². The van der Waals surface area contributed by atoms with E-state index >= 15 is 0 Å². The molecule has 0 spiro atoms. The first kappa shape index (κ1) is 20.6. The SMILES string of the molecule is CCCCCC(=O)OC(C)(C)OC(=O)[C@@H]1N2C(=O)[C@@H](Br)[C@H]2SC1(C)C. The summed E-state index contributed by atoms with van der Waals surface area (Å²) in [5, 5.41) is -0.0697. The molecule has 0 bridgehead atoms. The van der Waals surface area contributed by atoms with Gasteiger partial charge in [-0.15, -0.1) is 11.8 Å². The first-order valence-corrected chi connectivity index (χ1v) is 10.4. The Morgan fingerprint density at radius 1 is 1.28 bits per heavy atom. The van der Waals surface area contributed by atoms with Crippen LogP contribution in [0.1, 0.15) is 60.3 Å². The van der Waals surface area contributed by atoms with Crippen LogP contribution in [-0.2, 0) is 23.9 Å². The Hall–Kier alpha value is -0.760. The highest BCUT2D eigenvalue weighted by molar-refractivity contribution is 9.10. The van der Waals surface area contributed by atoms with Gasteiger partial charge >= 0.3 is 11.9 Å². The van der Waals surface area contributed by atoms with Crippen LogP contribution in [-0.4, -0.2) is 49.5 Å². The third kappa shape index (κ3) is 4.32. The van der Waals surface area contributed by atoms with Gasteiger partial charge in [-0.2, -0.15) is 0 Å². The van der Waals surface area contributed by atoms with Crippen LogP contribution in [0.5, 0.6) is 0 Å². The van der Waals surface area contributed by atoms with Crippen LogP contribution in [0.15, 0.2) is 0 Å². The van der Waals surface area contributed by atoms with Crippen LogP contribution >= 0.6 is 27.7 Å². The molecule has 2 heterocycles. The highest BCUT2D eigenvalue weighted by atomic mass is 79.9. The zero-order valence-electron chi connectivity index (χ0n) is 15.3. The topological polar surface area (TPSA) is 72.9 Å². The van der Waals surface area contributed by atoms with E-state index in [9.17, 15) is 14.4 Å². The molecule has 0 unspecified atom stereocenters. The molecule has 0 aromatic carbocycles. The van der Waals surface area contributed by atoms with Crippen LogP contribution in [0.4, 0.5) is 0 Å². The van der Waals surface area contributed by atoms with E-state index in [4.69, 9.17) is 9.47 Å². The standard InChI is InChI=1S/C17H26BrNO5S/c1-6-7-8-9-10(20)23-17(4,5)24-15(22)12-16(2,3)25-14-11(18)13(21)19(12)14/h11-12,14H,6-9H2,1-5H3/t11-,12+,14-/m1/s1. The number of halogens is 1. The Bertz CT molecular complexity index is 565.